The van der Waals surface area contributed by atoms with Crippen molar-refractivity contribution in [2.75, 3.05) is 13.1 Å². The van der Waals surface area contributed by atoms with Gasteiger partial charge in [0.2, 0.25) is 11.8 Å². The van der Waals surface area contributed by atoms with Crippen LogP contribution in [0.15, 0.2) is 29.1 Å². The molecule has 2 aromatic rings. The predicted octanol–water partition coefficient (Wildman–Crippen LogP) is 2.46. The van der Waals surface area contributed by atoms with Gasteiger partial charge in [0, 0.05) is 38.2 Å². The van der Waals surface area contributed by atoms with E-state index < -0.39 is 0 Å². The van der Waals surface area contributed by atoms with E-state index in [1.54, 1.807) is 23.6 Å². The number of hydrogen-bond acceptors (Lipinski definition) is 5. The molecule has 0 aliphatic carbocycles. The van der Waals surface area contributed by atoms with E-state index in [2.05, 4.69) is 9.97 Å². The van der Waals surface area contributed by atoms with Crippen molar-refractivity contribution in [3.8, 4) is 5.88 Å². The lowest BCUT2D eigenvalue weighted by Gasteiger charge is -2.32. The van der Waals surface area contributed by atoms with Crippen molar-refractivity contribution >= 4 is 17.2 Å². The van der Waals surface area contributed by atoms with Gasteiger partial charge in [0.1, 0.15) is 11.9 Å². The molecule has 0 radical (unpaired) electrons. The number of aryl methyl sites for hydroxylation is 1. The van der Waals surface area contributed by atoms with Crippen LogP contribution in [0.2, 0.25) is 0 Å². The second-order valence-corrected chi connectivity index (χ2v) is 6.23. The molecule has 1 aliphatic rings. The summed E-state index contributed by atoms with van der Waals surface area (Å²) in [4.78, 5) is 22.5. The summed E-state index contributed by atoms with van der Waals surface area (Å²) in [6, 6.07) is 3.79. The molecule has 2 aromatic heterocycles. The normalized spacial score (nSPS) is 15.8. The summed E-state index contributed by atoms with van der Waals surface area (Å²) < 4.78 is 5.88. The third-order valence-electron chi connectivity index (χ3n) is 3.77. The van der Waals surface area contributed by atoms with Crippen LogP contribution in [0.4, 0.5) is 0 Å². The SMILES string of the molecule is Cc1nccc(OC2CCN(C(=O)Cc3ccsc3)CC2)n1. The first-order valence-electron chi connectivity index (χ1n) is 7.46. The maximum atomic E-state index is 12.2. The van der Waals surface area contributed by atoms with Crippen molar-refractivity contribution in [2.24, 2.45) is 0 Å². The second-order valence-electron chi connectivity index (χ2n) is 5.45. The van der Waals surface area contributed by atoms with E-state index in [1.165, 1.54) is 0 Å². The summed E-state index contributed by atoms with van der Waals surface area (Å²) in [6.45, 7) is 3.34. The molecule has 1 amide bonds. The standard InChI is InChI=1S/C16H19N3O2S/c1-12-17-6-2-15(18-12)21-14-3-7-19(8-4-14)16(20)10-13-5-9-22-11-13/h2,5-6,9,11,14H,3-4,7-8,10H2,1H3. The highest BCUT2D eigenvalue weighted by Crippen LogP contribution is 2.18. The molecule has 0 saturated carbocycles. The molecule has 1 aliphatic heterocycles. The van der Waals surface area contributed by atoms with E-state index in [1.807, 2.05) is 28.7 Å². The van der Waals surface area contributed by atoms with Gasteiger partial charge in [-0.25, -0.2) is 4.98 Å². The molecule has 6 heteroatoms. The van der Waals surface area contributed by atoms with Crippen molar-refractivity contribution < 1.29 is 9.53 Å². The van der Waals surface area contributed by atoms with Crippen LogP contribution in [-0.4, -0.2) is 40.0 Å². The van der Waals surface area contributed by atoms with Crippen molar-refractivity contribution in [1.29, 1.82) is 0 Å². The highest BCUT2D eigenvalue weighted by atomic mass is 32.1. The fraction of sp³-hybridized carbons (Fsp3) is 0.438. The third-order valence-corrected chi connectivity index (χ3v) is 4.50. The average Bonchev–Trinajstić information content (AvgIpc) is 3.01. The summed E-state index contributed by atoms with van der Waals surface area (Å²) in [5.41, 5.74) is 1.10. The van der Waals surface area contributed by atoms with Crippen LogP contribution < -0.4 is 4.74 Å². The van der Waals surface area contributed by atoms with Gasteiger partial charge in [-0.3, -0.25) is 4.79 Å². The fourth-order valence-corrected chi connectivity index (χ4v) is 3.24. The number of likely N-dealkylation sites (tertiary alicyclic amines) is 1. The summed E-state index contributed by atoms with van der Waals surface area (Å²) in [5.74, 6) is 1.53. The largest absolute Gasteiger partial charge is 0.474 e. The molecule has 0 N–H and O–H groups in total. The molecule has 22 heavy (non-hydrogen) atoms. The van der Waals surface area contributed by atoms with Gasteiger partial charge in [0.25, 0.3) is 0 Å². The monoisotopic (exact) mass is 317 g/mol. The molecule has 0 bridgehead atoms. The van der Waals surface area contributed by atoms with Crippen molar-refractivity contribution in [2.45, 2.75) is 32.3 Å². The molecular weight excluding hydrogens is 298 g/mol. The number of hydrogen-bond donors (Lipinski definition) is 0. The third kappa shape index (κ3) is 3.82. The minimum atomic E-state index is 0.125. The van der Waals surface area contributed by atoms with Gasteiger partial charge in [0.15, 0.2) is 0 Å². The zero-order valence-electron chi connectivity index (χ0n) is 12.6. The molecule has 116 valence electrons. The highest BCUT2D eigenvalue weighted by Gasteiger charge is 2.24. The molecule has 3 heterocycles. The van der Waals surface area contributed by atoms with Crippen molar-refractivity contribution in [3.63, 3.8) is 0 Å². The quantitative estimate of drug-likeness (QED) is 0.869. The topological polar surface area (TPSA) is 55.3 Å². The average molecular weight is 317 g/mol. The van der Waals surface area contributed by atoms with Gasteiger partial charge in [-0.2, -0.15) is 16.3 Å². The van der Waals surface area contributed by atoms with Gasteiger partial charge in [-0.15, -0.1) is 0 Å². The van der Waals surface area contributed by atoms with Gasteiger partial charge >= 0.3 is 0 Å². The van der Waals surface area contributed by atoms with Crippen LogP contribution in [-0.2, 0) is 11.2 Å². The van der Waals surface area contributed by atoms with E-state index in [0.29, 0.717) is 18.1 Å². The Morgan fingerprint density at radius 3 is 2.91 bits per heavy atom. The smallest absolute Gasteiger partial charge is 0.227 e. The highest BCUT2D eigenvalue weighted by molar-refractivity contribution is 7.07. The maximum absolute atomic E-state index is 12.2. The first-order chi connectivity index (χ1) is 10.7. The van der Waals surface area contributed by atoms with Gasteiger partial charge < -0.3 is 9.64 Å². The minimum absolute atomic E-state index is 0.125. The van der Waals surface area contributed by atoms with E-state index in [9.17, 15) is 4.79 Å². The number of ether oxygens (including phenoxy) is 1. The van der Waals surface area contributed by atoms with Crippen LogP contribution in [0.3, 0.4) is 0 Å². The van der Waals surface area contributed by atoms with Crippen molar-refractivity contribution in [3.05, 3.63) is 40.5 Å². The van der Waals surface area contributed by atoms with E-state index >= 15 is 0 Å². The summed E-state index contributed by atoms with van der Waals surface area (Å²) in [5, 5.41) is 4.04. The molecular formula is C16H19N3O2S. The van der Waals surface area contributed by atoms with E-state index in [0.717, 1.165) is 31.5 Å². The molecule has 0 unspecified atom stereocenters. The first kappa shape index (κ1) is 15.0. The Hall–Kier alpha value is -1.95. The van der Waals surface area contributed by atoms with Gasteiger partial charge in [-0.05, 0) is 29.3 Å². The van der Waals surface area contributed by atoms with Crippen LogP contribution in [0.5, 0.6) is 5.88 Å². The van der Waals surface area contributed by atoms with E-state index in [-0.39, 0.29) is 12.0 Å². The number of thiophene rings is 1. The van der Waals surface area contributed by atoms with Crippen LogP contribution in [0.25, 0.3) is 0 Å². The lowest BCUT2D eigenvalue weighted by atomic mass is 10.1. The molecule has 0 atom stereocenters. The Bertz CT molecular complexity index is 622. The lowest BCUT2D eigenvalue weighted by Crippen LogP contribution is -2.42. The van der Waals surface area contributed by atoms with E-state index in [4.69, 9.17) is 4.74 Å². The Balaban J connectivity index is 1.49. The van der Waals surface area contributed by atoms with Crippen molar-refractivity contribution in [1.82, 2.24) is 14.9 Å². The van der Waals surface area contributed by atoms with Crippen LogP contribution in [0.1, 0.15) is 24.2 Å². The molecule has 1 saturated heterocycles. The van der Waals surface area contributed by atoms with Crippen LogP contribution in [0, 0.1) is 6.92 Å². The molecule has 0 aromatic carbocycles. The molecule has 5 nitrogen and oxygen atoms in total. The maximum Gasteiger partial charge on any atom is 0.227 e. The zero-order valence-corrected chi connectivity index (χ0v) is 13.4. The number of nitrogens with zero attached hydrogens (tertiary/aromatic N) is 3. The van der Waals surface area contributed by atoms with Gasteiger partial charge in [0.05, 0.1) is 6.42 Å². The Kier molecular flexibility index (Phi) is 4.68. The fourth-order valence-electron chi connectivity index (χ4n) is 2.57. The van der Waals surface area contributed by atoms with Crippen LogP contribution >= 0.6 is 11.3 Å². The summed E-state index contributed by atoms with van der Waals surface area (Å²) >= 11 is 1.63. The Morgan fingerprint density at radius 2 is 2.23 bits per heavy atom. The summed E-state index contributed by atoms with van der Waals surface area (Å²) in [6.07, 6.45) is 4.02. The molecule has 0 spiro atoms. The first-order valence-corrected chi connectivity index (χ1v) is 8.40. The number of piperidine rings is 1. The summed E-state index contributed by atoms with van der Waals surface area (Å²) in [7, 11) is 0. The number of carbonyl (C=O) groups is 1. The zero-order chi connectivity index (χ0) is 15.4. The number of amides is 1. The number of aromatic nitrogens is 2. The molecule has 1 fully saturated rings. The Labute approximate surface area is 134 Å². The minimum Gasteiger partial charge on any atom is -0.474 e. The molecule has 3 rings (SSSR count). The number of rotatable bonds is 4. The second kappa shape index (κ2) is 6.87. The lowest BCUT2D eigenvalue weighted by molar-refractivity contribution is -0.132. The Morgan fingerprint density at radius 1 is 1.41 bits per heavy atom. The van der Waals surface area contributed by atoms with Gasteiger partial charge in [-0.1, -0.05) is 0 Å². The predicted molar refractivity (Wildman–Crippen MR) is 85.0 cm³/mol. The number of carbonyl (C=O) groups excluding carboxylic acids is 1.